The molecular weight excluding hydrogens is 318 g/mol. The monoisotopic (exact) mass is 337 g/mol. The Labute approximate surface area is 140 Å². The molecule has 0 aliphatic rings. The van der Waals surface area contributed by atoms with E-state index in [4.69, 9.17) is 16.3 Å². The number of ether oxygens (including phenoxy) is 1. The van der Waals surface area contributed by atoms with Gasteiger partial charge in [-0.15, -0.1) is 0 Å². The van der Waals surface area contributed by atoms with Gasteiger partial charge in [0.25, 0.3) is 5.91 Å². The third-order valence-electron chi connectivity index (χ3n) is 3.43. The van der Waals surface area contributed by atoms with E-state index in [0.717, 1.165) is 0 Å². The molecule has 0 unspecified atom stereocenters. The summed E-state index contributed by atoms with van der Waals surface area (Å²) in [5.74, 6) is -0.265. The Bertz CT molecular complexity index is 655. The third kappa shape index (κ3) is 4.79. The Balaban J connectivity index is 1.94. The first-order valence-corrected chi connectivity index (χ1v) is 7.63. The van der Waals surface area contributed by atoms with Crippen molar-refractivity contribution in [1.82, 2.24) is 15.1 Å². The number of hydrogen-bond acceptors (Lipinski definition) is 4. The third-order valence-corrected chi connectivity index (χ3v) is 3.68. The lowest BCUT2D eigenvalue weighted by atomic mass is 10.1. The first-order valence-electron chi connectivity index (χ1n) is 7.26. The van der Waals surface area contributed by atoms with Gasteiger partial charge in [0.15, 0.2) is 0 Å². The summed E-state index contributed by atoms with van der Waals surface area (Å²) in [6, 6.07) is 6.86. The van der Waals surface area contributed by atoms with Crippen molar-refractivity contribution in [2.75, 3.05) is 20.3 Å². The maximum absolute atomic E-state index is 12.2. The molecule has 0 spiro atoms. The molecule has 124 valence electrons. The predicted octanol–water partition coefficient (Wildman–Crippen LogP) is 1.95. The van der Waals surface area contributed by atoms with Gasteiger partial charge in [-0.05, 0) is 24.6 Å². The average molecular weight is 338 g/mol. The molecule has 2 N–H and O–H groups in total. The van der Waals surface area contributed by atoms with E-state index in [9.17, 15) is 9.90 Å². The van der Waals surface area contributed by atoms with Crippen LogP contribution in [0.15, 0.2) is 30.5 Å². The highest BCUT2D eigenvalue weighted by molar-refractivity contribution is 6.30. The summed E-state index contributed by atoms with van der Waals surface area (Å²) in [4.78, 5) is 12.2. The maximum Gasteiger partial charge on any atom is 0.254 e. The van der Waals surface area contributed by atoms with Crippen LogP contribution in [0.5, 0.6) is 0 Å². The molecule has 2 aromatic rings. The Morgan fingerprint density at radius 1 is 1.43 bits per heavy atom. The largest absolute Gasteiger partial charge is 0.387 e. The molecular formula is C16H20ClN3O3. The number of benzene rings is 1. The summed E-state index contributed by atoms with van der Waals surface area (Å²) in [6.07, 6.45) is 0.887. The molecule has 0 fully saturated rings. The Hall–Kier alpha value is -1.89. The number of aromatic nitrogens is 2. The number of carbonyl (C=O) groups is 1. The lowest BCUT2D eigenvalue weighted by molar-refractivity contribution is 0.0915. The average Bonchev–Trinajstić information content (AvgIpc) is 2.92. The molecule has 1 heterocycles. The summed E-state index contributed by atoms with van der Waals surface area (Å²) in [6.45, 7) is 2.99. The second-order valence-corrected chi connectivity index (χ2v) is 5.60. The summed E-state index contributed by atoms with van der Waals surface area (Å²) in [7, 11) is 1.61. The molecule has 0 saturated carbocycles. The molecule has 1 aromatic heterocycles. The van der Waals surface area contributed by atoms with E-state index in [1.54, 1.807) is 49.2 Å². The number of rotatable bonds is 7. The molecule has 0 radical (unpaired) electrons. The predicted molar refractivity (Wildman–Crippen MR) is 87.6 cm³/mol. The molecule has 2 rings (SSSR count). The fourth-order valence-corrected chi connectivity index (χ4v) is 2.25. The number of aliphatic hydroxyl groups excluding tert-OH is 1. The van der Waals surface area contributed by atoms with Gasteiger partial charge >= 0.3 is 0 Å². The summed E-state index contributed by atoms with van der Waals surface area (Å²) in [5, 5.41) is 17.7. The van der Waals surface area contributed by atoms with Crippen LogP contribution in [0.1, 0.15) is 27.7 Å². The molecule has 0 aliphatic heterocycles. The first kappa shape index (κ1) is 17.5. The second kappa shape index (κ2) is 8.10. The van der Waals surface area contributed by atoms with Crippen molar-refractivity contribution in [3.05, 3.63) is 52.3 Å². The van der Waals surface area contributed by atoms with Crippen LogP contribution in [0.2, 0.25) is 5.02 Å². The zero-order chi connectivity index (χ0) is 16.8. The molecule has 0 saturated heterocycles. The van der Waals surface area contributed by atoms with Crippen molar-refractivity contribution < 1.29 is 14.6 Å². The van der Waals surface area contributed by atoms with Crippen molar-refractivity contribution in [3.8, 4) is 0 Å². The first-order chi connectivity index (χ1) is 11.0. The van der Waals surface area contributed by atoms with Gasteiger partial charge in [0, 0.05) is 24.9 Å². The van der Waals surface area contributed by atoms with Gasteiger partial charge in [0.1, 0.15) is 0 Å². The van der Waals surface area contributed by atoms with Crippen LogP contribution in [-0.2, 0) is 11.3 Å². The molecule has 23 heavy (non-hydrogen) atoms. The molecule has 0 aliphatic carbocycles. The van der Waals surface area contributed by atoms with Crippen molar-refractivity contribution in [1.29, 1.82) is 0 Å². The lowest BCUT2D eigenvalue weighted by Gasteiger charge is -2.12. The highest BCUT2D eigenvalue weighted by atomic mass is 35.5. The van der Waals surface area contributed by atoms with E-state index in [1.807, 2.05) is 0 Å². The fourth-order valence-electron chi connectivity index (χ4n) is 2.13. The van der Waals surface area contributed by atoms with E-state index in [2.05, 4.69) is 10.4 Å². The molecule has 1 atom stereocenters. The van der Waals surface area contributed by atoms with Crippen molar-refractivity contribution in [2.45, 2.75) is 19.6 Å². The molecule has 6 nitrogen and oxygen atoms in total. The minimum Gasteiger partial charge on any atom is -0.387 e. The molecule has 0 bridgehead atoms. The maximum atomic E-state index is 12.2. The van der Waals surface area contributed by atoms with Crippen LogP contribution in [0.25, 0.3) is 0 Å². The van der Waals surface area contributed by atoms with Gasteiger partial charge in [0.05, 0.1) is 30.5 Å². The number of halogens is 1. The van der Waals surface area contributed by atoms with Crippen LogP contribution in [0.4, 0.5) is 0 Å². The van der Waals surface area contributed by atoms with Crippen LogP contribution < -0.4 is 5.32 Å². The Kier molecular flexibility index (Phi) is 6.15. The van der Waals surface area contributed by atoms with Crippen molar-refractivity contribution in [3.63, 3.8) is 0 Å². The topological polar surface area (TPSA) is 76.4 Å². The van der Waals surface area contributed by atoms with Crippen LogP contribution >= 0.6 is 11.6 Å². The standard InChI is InChI=1S/C16H20ClN3O3/c1-11-14(10-20(19-11)7-8-23-2)16(22)18-9-15(21)12-3-5-13(17)6-4-12/h3-6,10,15,21H,7-9H2,1-2H3,(H,18,22)/t15-/m0/s1. The quantitative estimate of drug-likeness (QED) is 0.809. The lowest BCUT2D eigenvalue weighted by Crippen LogP contribution is -2.28. The number of carbonyl (C=O) groups excluding carboxylic acids is 1. The van der Waals surface area contributed by atoms with Crippen LogP contribution in [0.3, 0.4) is 0 Å². The highest BCUT2D eigenvalue weighted by Gasteiger charge is 2.15. The Morgan fingerprint density at radius 2 is 2.13 bits per heavy atom. The van der Waals surface area contributed by atoms with Gasteiger partial charge in [-0.3, -0.25) is 9.48 Å². The SMILES string of the molecule is COCCn1cc(C(=O)NC[C@H](O)c2ccc(Cl)cc2)c(C)n1. The minimum absolute atomic E-state index is 0.114. The van der Waals surface area contributed by atoms with E-state index in [-0.39, 0.29) is 12.5 Å². The van der Waals surface area contributed by atoms with Gasteiger partial charge in [-0.25, -0.2) is 0 Å². The zero-order valence-corrected chi connectivity index (χ0v) is 13.9. The van der Waals surface area contributed by atoms with Gasteiger partial charge in [-0.1, -0.05) is 23.7 Å². The van der Waals surface area contributed by atoms with Gasteiger partial charge < -0.3 is 15.2 Å². The number of aliphatic hydroxyl groups is 1. The molecule has 1 amide bonds. The van der Waals surface area contributed by atoms with E-state index in [0.29, 0.717) is 35.0 Å². The fraction of sp³-hybridized carbons (Fsp3) is 0.375. The van der Waals surface area contributed by atoms with Crippen molar-refractivity contribution >= 4 is 17.5 Å². The van der Waals surface area contributed by atoms with Gasteiger partial charge in [0.2, 0.25) is 0 Å². The van der Waals surface area contributed by atoms with E-state index < -0.39 is 6.10 Å². The number of amides is 1. The molecule has 7 heteroatoms. The van der Waals surface area contributed by atoms with E-state index >= 15 is 0 Å². The van der Waals surface area contributed by atoms with Crippen molar-refractivity contribution in [2.24, 2.45) is 0 Å². The number of nitrogens with zero attached hydrogens (tertiary/aromatic N) is 2. The summed E-state index contributed by atoms with van der Waals surface area (Å²) < 4.78 is 6.66. The van der Waals surface area contributed by atoms with E-state index in [1.165, 1.54) is 0 Å². The molecule has 1 aromatic carbocycles. The second-order valence-electron chi connectivity index (χ2n) is 5.16. The number of hydrogen-bond donors (Lipinski definition) is 2. The summed E-state index contributed by atoms with van der Waals surface area (Å²) in [5.41, 5.74) is 1.83. The van der Waals surface area contributed by atoms with Crippen LogP contribution in [0, 0.1) is 6.92 Å². The number of aryl methyl sites for hydroxylation is 1. The Morgan fingerprint density at radius 3 is 2.78 bits per heavy atom. The van der Waals surface area contributed by atoms with Crippen LogP contribution in [-0.4, -0.2) is 41.1 Å². The number of nitrogens with one attached hydrogen (secondary N) is 1. The summed E-state index contributed by atoms with van der Waals surface area (Å²) >= 11 is 5.81. The van der Waals surface area contributed by atoms with Gasteiger partial charge in [-0.2, -0.15) is 5.10 Å². The number of methoxy groups -OCH3 is 1. The smallest absolute Gasteiger partial charge is 0.254 e. The highest BCUT2D eigenvalue weighted by Crippen LogP contribution is 2.16. The normalized spacial score (nSPS) is 12.2. The minimum atomic E-state index is -0.792. The zero-order valence-electron chi connectivity index (χ0n) is 13.1.